The van der Waals surface area contributed by atoms with Crippen LogP contribution in [0.1, 0.15) is 20.3 Å². The summed E-state index contributed by atoms with van der Waals surface area (Å²) in [7, 11) is 0. The van der Waals surface area contributed by atoms with Crippen molar-refractivity contribution in [2.75, 3.05) is 37.7 Å². The van der Waals surface area contributed by atoms with Gasteiger partial charge in [-0.25, -0.2) is 0 Å². The first kappa shape index (κ1) is 17.1. The van der Waals surface area contributed by atoms with Crippen LogP contribution in [0.25, 0.3) is 0 Å². The number of rotatable bonds is 2. The van der Waals surface area contributed by atoms with E-state index in [1.165, 1.54) is 0 Å². The lowest BCUT2D eigenvalue weighted by atomic mass is 10.1. The van der Waals surface area contributed by atoms with E-state index in [4.69, 9.17) is 14.2 Å². The molecule has 7 nitrogen and oxygen atoms in total. The zero-order valence-electron chi connectivity index (χ0n) is 15.1. The van der Waals surface area contributed by atoms with Crippen molar-refractivity contribution in [3.05, 3.63) is 18.2 Å². The largest absolute Gasteiger partial charge is 0.486 e. The van der Waals surface area contributed by atoms with Gasteiger partial charge in [0.2, 0.25) is 11.8 Å². The summed E-state index contributed by atoms with van der Waals surface area (Å²) in [5.74, 6) is 1.03. The molecule has 3 aliphatic heterocycles. The first-order valence-electron chi connectivity index (χ1n) is 9.15. The zero-order chi connectivity index (χ0) is 18.3. The summed E-state index contributed by atoms with van der Waals surface area (Å²) < 4.78 is 16.8. The van der Waals surface area contributed by atoms with E-state index in [0.717, 1.165) is 5.69 Å². The Morgan fingerprint density at radius 1 is 1.04 bits per heavy atom. The van der Waals surface area contributed by atoms with Crippen LogP contribution in [0.2, 0.25) is 0 Å². The molecule has 3 heterocycles. The smallest absolute Gasteiger partial charge is 0.228 e. The predicted octanol–water partition coefficient (Wildman–Crippen LogP) is 1.45. The van der Waals surface area contributed by atoms with Gasteiger partial charge >= 0.3 is 0 Å². The molecule has 0 aliphatic carbocycles. The van der Waals surface area contributed by atoms with Gasteiger partial charge in [0, 0.05) is 37.8 Å². The Labute approximate surface area is 152 Å². The van der Waals surface area contributed by atoms with Gasteiger partial charge in [0.15, 0.2) is 11.5 Å². The van der Waals surface area contributed by atoms with Crippen molar-refractivity contribution in [1.29, 1.82) is 0 Å². The lowest BCUT2D eigenvalue weighted by molar-refractivity contribution is -0.147. The molecule has 0 bridgehead atoms. The molecule has 0 radical (unpaired) electrons. The van der Waals surface area contributed by atoms with Gasteiger partial charge in [-0.15, -0.1) is 0 Å². The second-order valence-electron chi connectivity index (χ2n) is 7.23. The van der Waals surface area contributed by atoms with E-state index in [2.05, 4.69) is 0 Å². The molecule has 140 valence electrons. The Kier molecular flexibility index (Phi) is 4.48. The summed E-state index contributed by atoms with van der Waals surface area (Å²) in [6, 6.07) is 5.48. The summed E-state index contributed by atoms with van der Waals surface area (Å²) in [5.41, 5.74) is 0.748. The summed E-state index contributed by atoms with van der Waals surface area (Å²) in [4.78, 5) is 28.9. The molecule has 26 heavy (non-hydrogen) atoms. The molecule has 1 aromatic carbocycles. The maximum absolute atomic E-state index is 12.9. The highest BCUT2D eigenvalue weighted by molar-refractivity contribution is 6.00. The van der Waals surface area contributed by atoms with Gasteiger partial charge in [0.05, 0.1) is 18.1 Å². The average Bonchev–Trinajstić information content (AvgIpc) is 3.01. The molecule has 0 saturated carbocycles. The molecule has 2 fully saturated rings. The van der Waals surface area contributed by atoms with Gasteiger partial charge in [-0.1, -0.05) is 0 Å². The zero-order valence-corrected chi connectivity index (χ0v) is 15.1. The fourth-order valence-electron chi connectivity index (χ4n) is 3.94. The molecule has 1 aromatic rings. The first-order chi connectivity index (χ1) is 12.5. The molecule has 2 saturated heterocycles. The standard InChI is InChI=1S/C19H24N2O5/c1-12-9-20(10-13(2)26-12)19(23)14-7-18(22)21(11-14)15-3-4-16-17(8-15)25-6-5-24-16/h3-4,8,12-14H,5-7,9-11H2,1-2H3/t12-,13+,14-/m1/s1. The topological polar surface area (TPSA) is 68.3 Å². The number of ether oxygens (including phenoxy) is 3. The molecule has 0 aromatic heterocycles. The number of fused-ring (bicyclic) bond motifs is 1. The van der Waals surface area contributed by atoms with Crippen molar-refractivity contribution < 1.29 is 23.8 Å². The number of carbonyl (C=O) groups excluding carboxylic acids is 2. The van der Waals surface area contributed by atoms with E-state index >= 15 is 0 Å². The highest BCUT2D eigenvalue weighted by Gasteiger charge is 2.39. The quantitative estimate of drug-likeness (QED) is 0.798. The monoisotopic (exact) mass is 360 g/mol. The minimum atomic E-state index is -0.312. The second-order valence-corrected chi connectivity index (χ2v) is 7.23. The van der Waals surface area contributed by atoms with Crippen LogP contribution in [0, 0.1) is 5.92 Å². The van der Waals surface area contributed by atoms with Crippen molar-refractivity contribution in [3.63, 3.8) is 0 Å². The number of hydrogen-bond acceptors (Lipinski definition) is 5. The van der Waals surface area contributed by atoms with Crippen molar-refractivity contribution in [2.24, 2.45) is 5.92 Å². The van der Waals surface area contributed by atoms with E-state index in [1.54, 1.807) is 4.90 Å². The number of hydrogen-bond donors (Lipinski definition) is 0. The SMILES string of the molecule is C[C@@H]1CN(C(=O)[C@@H]2CC(=O)N(c3ccc4c(c3)OCCO4)C2)C[C@H](C)O1. The van der Waals surface area contributed by atoms with Gasteiger partial charge in [-0.2, -0.15) is 0 Å². The minimum absolute atomic E-state index is 0.0219. The molecule has 3 aliphatic rings. The van der Waals surface area contributed by atoms with Crippen LogP contribution in [0.4, 0.5) is 5.69 Å². The molecular weight excluding hydrogens is 336 g/mol. The Morgan fingerprint density at radius 2 is 1.73 bits per heavy atom. The predicted molar refractivity (Wildman–Crippen MR) is 94.5 cm³/mol. The lowest BCUT2D eigenvalue weighted by Crippen LogP contribution is -2.50. The third-order valence-electron chi connectivity index (χ3n) is 5.04. The van der Waals surface area contributed by atoms with E-state index in [9.17, 15) is 9.59 Å². The molecule has 0 spiro atoms. The van der Waals surface area contributed by atoms with E-state index in [-0.39, 0.29) is 36.4 Å². The second kappa shape index (κ2) is 6.79. The molecule has 0 unspecified atom stereocenters. The molecule has 4 rings (SSSR count). The maximum Gasteiger partial charge on any atom is 0.228 e. The number of nitrogens with zero attached hydrogens (tertiary/aromatic N) is 2. The number of amides is 2. The Bertz CT molecular complexity index is 712. The number of anilines is 1. The van der Waals surface area contributed by atoms with Crippen molar-refractivity contribution in [2.45, 2.75) is 32.5 Å². The van der Waals surface area contributed by atoms with Crippen LogP contribution in [0.5, 0.6) is 11.5 Å². The molecule has 3 atom stereocenters. The van der Waals surface area contributed by atoms with Crippen LogP contribution >= 0.6 is 0 Å². The summed E-state index contributed by atoms with van der Waals surface area (Å²) in [5, 5.41) is 0. The minimum Gasteiger partial charge on any atom is -0.486 e. The van der Waals surface area contributed by atoms with E-state index in [0.29, 0.717) is 44.3 Å². The van der Waals surface area contributed by atoms with Crippen LogP contribution in [0.3, 0.4) is 0 Å². The molecule has 7 heteroatoms. The summed E-state index contributed by atoms with van der Waals surface area (Å²) >= 11 is 0. The fraction of sp³-hybridized carbons (Fsp3) is 0.579. The molecule has 2 amide bonds. The van der Waals surface area contributed by atoms with Crippen molar-refractivity contribution in [3.8, 4) is 11.5 Å². The van der Waals surface area contributed by atoms with Crippen LogP contribution < -0.4 is 14.4 Å². The van der Waals surface area contributed by atoms with E-state index in [1.807, 2.05) is 36.9 Å². The average molecular weight is 360 g/mol. The van der Waals surface area contributed by atoms with Gasteiger partial charge < -0.3 is 24.0 Å². The van der Waals surface area contributed by atoms with Gasteiger partial charge in [-0.05, 0) is 26.0 Å². The van der Waals surface area contributed by atoms with Crippen LogP contribution in [0.15, 0.2) is 18.2 Å². The van der Waals surface area contributed by atoms with Gasteiger partial charge in [-0.3, -0.25) is 9.59 Å². The number of benzene rings is 1. The number of carbonyl (C=O) groups is 2. The normalized spacial score (nSPS) is 28.4. The Morgan fingerprint density at radius 3 is 2.46 bits per heavy atom. The van der Waals surface area contributed by atoms with Crippen LogP contribution in [-0.2, 0) is 14.3 Å². The fourth-order valence-corrected chi connectivity index (χ4v) is 3.94. The van der Waals surface area contributed by atoms with Gasteiger partial charge in [0.25, 0.3) is 0 Å². The third kappa shape index (κ3) is 3.23. The molecular formula is C19H24N2O5. The van der Waals surface area contributed by atoms with Crippen molar-refractivity contribution in [1.82, 2.24) is 4.90 Å². The Hall–Kier alpha value is -2.28. The lowest BCUT2D eigenvalue weighted by Gasteiger charge is -2.36. The number of morpholine rings is 1. The summed E-state index contributed by atoms with van der Waals surface area (Å²) in [6.07, 6.45) is 0.287. The Balaban J connectivity index is 1.47. The third-order valence-corrected chi connectivity index (χ3v) is 5.04. The highest BCUT2D eigenvalue weighted by Crippen LogP contribution is 2.36. The summed E-state index contributed by atoms with van der Waals surface area (Å²) in [6.45, 7) is 6.53. The van der Waals surface area contributed by atoms with Gasteiger partial charge in [0.1, 0.15) is 13.2 Å². The highest BCUT2D eigenvalue weighted by atomic mass is 16.6. The first-order valence-corrected chi connectivity index (χ1v) is 9.15. The van der Waals surface area contributed by atoms with Crippen molar-refractivity contribution >= 4 is 17.5 Å². The molecule has 0 N–H and O–H groups in total. The maximum atomic E-state index is 12.9. The van der Waals surface area contributed by atoms with Crippen LogP contribution in [-0.4, -0.2) is 61.8 Å². The van der Waals surface area contributed by atoms with E-state index < -0.39 is 0 Å².